The summed E-state index contributed by atoms with van der Waals surface area (Å²) in [7, 11) is 1.61. The van der Waals surface area contributed by atoms with Crippen LogP contribution in [0.15, 0.2) is 41.0 Å². The molecule has 0 aliphatic rings. The Morgan fingerprint density at radius 1 is 1.37 bits per heavy atom. The van der Waals surface area contributed by atoms with Gasteiger partial charge in [0.25, 0.3) is 0 Å². The van der Waals surface area contributed by atoms with E-state index in [1.165, 1.54) is 10.6 Å². The number of aryl methyl sites for hydroxylation is 1. The van der Waals surface area contributed by atoms with Crippen LogP contribution in [0.25, 0.3) is 0 Å². The van der Waals surface area contributed by atoms with Gasteiger partial charge in [-0.2, -0.15) is 4.99 Å². The van der Waals surface area contributed by atoms with Crippen LogP contribution in [0.1, 0.15) is 35.9 Å². The van der Waals surface area contributed by atoms with Gasteiger partial charge in [0.1, 0.15) is 12.4 Å². The van der Waals surface area contributed by atoms with Gasteiger partial charge in [0.05, 0.1) is 12.7 Å². The van der Waals surface area contributed by atoms with Crippen molar-refractivity contribution in [3.05, 3.63) is 56.8 Å². The number of methoxy groups -OCH3 is 1. The molecular formula is C20H26ClN3O2S. The average Bonchev–Trinajstić information content (AvgIpc) is 2.92. The van der Waals surface area contributed by atoms with Crippen molar-refractivity contribution < 1.29 is 9.57 Å². The van der Waals surface area contributed by atoms with Gasteiger partial charge < -0.3 is 14.1 Å². The molecule has 0 saturated heterocycles. The lowest BCUT2D eigenvalue weighted by Gasteiger charge is -2.09. The van der Waals surface area contributed by atoms with Crippen molar-refractivity contribution >= 4 is 28.8 Å². The number of halogens is 1. The summed E-state index contributed by atoms with van der Waals surface area (Å²) in [5, 5.41) is 4.80. The first kappa shape index (κ1) is 21.3. The molecule has 0 amide bonds. The monoisotopic (exact) mass is 407 g/mol. The summed E-state index contributed by atoms with van der Waals surface area (Å²) in [6, 6.07) is 5.35. The number of hydrogen-bond donors (Lipinski definition) is 0. The number of oxime groups is 1. The predicted molar refractivity (Wildman–Crippen MR) is 113 cm³/mol. The molecule has 1 aromatic carbocycles. The van der Waals surface area contributed by atoms with Gasteiger partial charge in [0.2, 0.25) is 5.84 Å². The second kappa shape index (κ2) is 10.3. The van der Waals surface area contributed by atoms with E-state index in [0.717, 1.165) is 24.2 Å². The first-order valence-electron chi connectivity index (χ1n) is 8.88. The van der Waals surface area contributed by atoms with Crippen LogP contribution in [-0.2, 0) is 11.4 Å². The second-order valence-corrected chi connectivity index (χ2v) is 7.61. The Morgan fingerprint density at radius 2 is 2.15 bits per heavy atom. The number of rotatable bonds is 8. The summed E-state index contributed by atoms with van der Waals surface area (Å²) < 4.78 is 7.70. The molecule has 0 atom stereocenters. The zero-order valence-electron chi connectivity index (χ0n) is 16.3. The Hall–Kier alpha value is -2.05. The van der Waals surface area contributed by atoms with E-state index in [-0.39, 0.29) is 0 Å². The van der Waals surface area contributed by atoms with Crippen LogP contribution in [0.4, 0.5) is 0 Å². The van der Waals surface area contributed by atoms with Gasteiger partial charge in [-0.05, 0) is 38.5 Å². The molecule has 2 aromatic rings. The van der Waals surface area contributed by atoms with E-state index in [4.69, 9.17) is 26.2 Å². The number of hydrogen-bond acceptors (Lipinski definition) is 4. The summed E-state index contributed by atoms with van der Waals surface area (Å²) in [6.45, 7) is 11.3. The normalized spacial score (nSPS) is 12.3. The summed E-state index contributed by atoms with van der Waals surface area (Å²) in [4.78, 5) is 12.3. The largest absolute Gasteiger partial charge is 0.496 e. The van der Waals surface area contributed by atoms with Crippen molar-refractivity contribution in [1.82, 2.24) is 4.57 Å². The Labute approximate surface area is 169 Å². The van der Waals surface area contributed by atoms with Crippen LogP contribution in [-0.4, -0.2) is 24.1 Å². The third kappa shape index (κ3) is 5.47. The van der Waals surface area contributed by atoms with Gasteiger partial charge in [-0.3, -0.25) is 0 Å². The molecule has 0 bridgehead atoms. The van der Waals surface area contributed by atoms with Crippen molar-refractivity contribution in [2.45, 2.75) is 40.2 Å². The fourth-order valence-electron chi connectivity index (χ4n) is 2.49. The molecule has 0 spiro atoms. The highest BCUT2D eigenvalue weighted by atomic mass is 35.5. The molecule has 7 heteroatoms. The highest BCUT2D eigenvalue weighted by molar-refractivity contribution is 7.09. The Balaban J connectivity index is 2.62. The number of benzene rings is 1. The van der Waals surface area contributed by atoms with Gasteiger partial charge in [0.15, 0.2) is 4.80 Å². The van der Waals surface area contributed by atoms with Gasteiger partial charge in [0, 0.05) is 22.1 Å². The minimum atomic E-state index is 0.292. The minimum Gasteiger partial charge on any atom is -0.496 e. The summed E-state index contributed by atoms with van der Waals surface area (Å²) in [5.74, 6) is 1.05. The topological polar surface area (TPSA) is 48.1 Å². The fourth-order valence-corrected chi connectivity index (χ4v) is 3.66. The summed E-state index contributed by atoms with van der Waals surface area (Å²) in [5.41, 5.74) is 1.90. The molecule has 2 rings (SSSR count). The van der Waals surface area contributed by atoms with E-state index in [1.54, 1.807) is 42.7 Å². The van der Waals surface area contributed by atoms with E-state index in [9.17, 15) is 0 Å². The van der Waals surface area contributed by atoms with Crippen molar-refractivity contribution in [2.24, 2.45) is 10.1 Å². The molecule has 5 nitrogen and oxygen atoms in total. The van der Waals surface area contributed by atoms with Crippen LogP contribution < -0.4 is 9.54 Å². The molecule has 0 unspecified atom stereocenters. The number of thiazole rings is 1. The van der Waals surface area contributed by atoms with Crippen LogP contribution in [0.3, 0.4) is 0 Å². The lowest BCUT2D eigenvalue weighted by Crippen LogP contribution is -2.19. The molecule has 0 aliphatic carbocycles. The SMILES string of the molecule is C=CCO/N=C(\N=c1/sc(C)c(C)n1CCCC)c1cc(Cl)ccc1OC. The number of ether oxygens (including phenoxy) is 1. The van der Waals surface area contributed by atoms with Crippen molar-refractivity contribution in [2.75, 3.05) is 13.7 Å². The van der Waals surface area contributed by atoms with Crippen molar-refractivity contribution in [1.29, 1.82) is 0 Å². The quantitative estimate of drug-likeness (QED) is 0.201. The van der Waals surface area contributed by atoms with E-state index < -0.39 is 0 Å². The number of nitrogens with zero attached hydrogens (tertiary/aromatic N) is 3. The zero-order chi connectivity index (χ0) is 19.8. The molecule has 0 aliphatic heterocycles. The van der Waals surface area contributed by atoms with Crippen LogP contribution in [0.5, 0.6) is 5.75 Å². The Bertz CT molecular complexity index is 884. The van der Waals surface area contributed by atoms with Crippen molar-refractivity contribution in [3.8, 4) is 5.75 Å². The standard InChI is InChI=1S/C20H26ClN3O2S/c1-6-8-11-24-14(3)15(4)27-20(24)22-19(23-26-12-7-2)17-13-16(21)9-10-18(17)25-5/h7,9-10,13H,2,6,8,11-12H2,1,3-5H3/b22-20-,23-19-. The van der Waals surface area contributed by atoms with Crippen molar-refractivity contribution in [3.63, 3.8) is 0 Å². The molecule has 0 fully saturated rings. The molecule has 1 aromatic heterocycles. The lowest BCUT2D eigenvalue weighted by atomic mass is 10.2. The molecule has 146 valence electrons. The molecule has 0 saturated carbocycles. The Kier molecular flexibility index (Phi) is 8.13. The van der Waals surface area contributed by atoms with Gasteiger partial charge in [-0.15, -0.1) is 11.3 Å². The average molecular weight is 408 g/mol. The summed E-state index contributed by atoms with van der Waals surface area (Å²) in [6.07, 6.45) is 3.84. The van der Waals surface area contributed by atoms with Gasteiger partial charge >= 0.3 is 0 Å². The van der Waals surface area contributed by atoms with E-state index in [1.807, 2.05) is 0 Å². The predicted octanol–water partition coefficient (Wildman–Crippen LogP) is 5.09. The smallest absolute Gasteiger partial charge is 0.205 e. The van der Waals surface area contributed by atoms with E-state index in [2.05, 4.69) is 37.1 Å². The maximum atomic E-state index is 6.20. The minimum absolute atomic E-state index is 0.292. The molecule has 0 radical (unpaired) electrons. The maximum Gasteiger partial charge on any atom is 0.205 e. The van der Waals surface area contributed by atoms with Crippen LogP contribution in [0, 0.1) is 13.8 Å². The highest BCUT2D eigenvalue weighted by Crippen LogP contribution is 2.24. The third-order valence-electron chi connectivity index (χ3n) is 4.07. The maximum absolute atomic E-state index is 6.20. The fraction of sp³-hybridized carbons (Fsp3) is 0.400. The first-order chi connectivity index (χ1) is 13.0. The highest BCUT2D eigenvalue weighted by Gasteiger charge is 2.14. The molecular weight excluding hydrogens is 382 g/mol. The van der Waals surface area contributed by atoms with Crippen LogP contribution >= 0.6 is 22.9 Å². The molecule has 1 heterocycles. The Morgan fingerprint density at radius 3 is 2.81 bits per heavy atom. The second-order valence-electron chi connectivity index (χ2n) is 5.99. The van der Waals surface area contributed by atoms with Gasteiger partial charge in [-0.1, -0.05) is 42.8 Å². The number of amidine groups is 1. The number of unbranched alkanes of at least 4 members (excludes halogenated alkanes) is 1. The third-order valence-corrected chi connectivity index (χ3v) is 5.40. The summed E-state index contributed by atoms with van der Waals surface area (Å²) >= 11 is 7.84. The first-order valence-corrected chi connectivity index (χ1v) is 10.1. The molecule has 27 heavy (non-hydrogen) atoms. The van der Waals surface area contributed by atoms with Crippen LogP contribution in [0.2, 0.25) is 5.02 Å². The molecule has 0 N–H and O–H groups in total. The van der Waals surface area contributed by atoms with E-state index in [0.29, 0.717) is 28.8 Å². The zero-order valence-corrected chi connectivity index (χ0v) is 17.9. The number of aromatic nitrogens is 1. The van der Waals surface area contributed by atoms with Gasteiger partial charge in [-0.25, -0.2) is 0 Å². The van der Waals surface area contributed by atoms with E-state index >= 15 is 0 Å². The lowest BCUT2D eigenvalue weighted by molar-refractivity contribution is 0.174.